The largest absolute Gasteiger partial charge is 0.481 e. The van der Waals surface area contributed by atoms with Gasteiger partial charge in [-0.15, -0.1) is 0 Å². The van der Waals surface area contributed by atoms with Gasteiger partial charge in [0.1, 0.15) is 11.4 Å². The van der Waals surface area contributed by atoms with Crippen molar-refractivity contribution >= 4 is 23.5 Å². The first kappa shape index (κ1) is 20.9. The molecule has 2 N–H and O–H groups in total. The Labute approximate surface area is 169 Å². The third-order valence-electron chi connectivity index (χ3n) is 5.16. The molecule has 9 heteroatoms. The van der Waals surface area contributed by atoms with E-state index in [0.717, 1.165) is 52.1 Å². The second kappa shape index (κ2) is 8.67. The van der Waals surface area contributed by atoms with Crippen LogP contribution < -0.4 is 0 Å². The zero-order valence-electron chi connectivity index (χ0n) is 16.6. The molecule has 0 aromatic carbocycles. The van der Waals surface area contributed by atoms with Crippen molar-refractivity contribution in [1.82, 2.24) is 14.7 Å². The minimum atomic E-state index is -1.04. The van der Waals surface area contributed by atoms with Crippen LogP contribution in [-0.4, -0.2) is 87.7 Å². The van der Waals surface area contributed by atoms with Crippen LogP contribution in [0, 0.1) is 5.92 Å². The molecule has 0 amide bonds. The topological polar surface area (TPSA) is 118 Å². The summed E-state index contributed by atoms with van der Waals surface area (Å²) in [6.07, 6.45) is 3.37. The number of aliphatic carboxylic acids is 2. The van der Waals surface area contributed by atoms with Gasteiger partial charge in [0.05, 0.1) is 18.0 Å². The monoisotopic (exact) mass is 405 g/mol. The third kappa shape index (κ3) is 5.36. The van der Waals surface area contributed by atoms with Crippen LogP contribution in [0.25, 0.3) is 0 Å². The van der Waals surface area contributed by atoms with E-state index in [1.54, 1.807) is 0 Å². The second-order valence-electron chi connectivity index (χ2n) is 7.66. The number of rotatable bonds is 9. The zero-order chi connectivity index (χ0) is 21.1. The third-order valence-corrected chi connectivity index (χ3v) is 5.16. The summed E-state index contributed by atoms with van der Waals surface area (Å²) in [5.74, 6) is -2.72. The Morgan fingerprint density at radius 3 is 1.97 bits per heavy atom. The lowest BCUT2D eigenvalue weighted by Crippen LogP contribution is -2.29. The maximum atomic E-state index is 12.4. The van der Waals surface area contributed by atoms with Crippen molar-refractivity contribution in [1.29, 1.82) is 0 Å². The number of allylic oxidation sites excluding steroid dienone is 1. The normalized spacial score (nSPS) is 20.7. The Hall–Kier alpha value is -2.84. The molecule has 0 spiro atoms. The molecule has 0 saturated carbocycles. The Kier molecular flexibility index (Phi) is 6.24. The fraction of sp³-hybridized carbons (Fsp3) is 0.600. The first-order chi connectivity index (χ1) is 13.8. The summed E-state index contributed by atoms with van der Waals surface area (Å²) in [5.41, 5.74) is 1.89. The molecule has 4 rings (SSSR count). The van der Waals surface area contributed by atoms with Gasteiger partial charge in [-0.1, -0.05) is 19.8 Å². The van der Waals surface area contributed by atoms with Crippen molar-refractivity contribution in [3.05, 3.63) is 23.2 Å². The lowest BCUT2D eigenvalue weighted by molar-refractivity contribution is -0.148. The number of ketones is 2. The van der Waals surface area contributed by atoms with E-state index >= 15 is 0 Å². The molecule has 1 atom stereocenters. The Morgan fingerprint density at radius 1 is 0.966 bits per heavy atom. The first-order valence-electron chi connectivity index (χ1n) is 10.1. The highest BCUT2D eigenvalue weighted by Crippen LogP contribution is 2.33. The molecular formula is C20H27N3O6. The maximum Gasteiger partial charge on any atom is 0.307 e. The standard InChI is InChI=1S/C12H13N3O2.C8H14O4/c16-9-7-8(13-1-2-13)12(17)11(15-5-6-15)10(9)14-3-4-14;1-2-3-4-6(8(11)12)5-7(9)10/h7H,1-6H2;6H,2-5H2,1H3,(H,9,10)(H,11,12). The number of carboxylic acids is 2. The maximum absolute atomic E-state index is 12.4. The fourth-order valence-corrected chi connectivity index (χ4v) is 3.25. The van der Waals surface area contributed by atoms with E-state index < -0.39 is 17.9 Å². The van der Waals surface area contributed by atoms with Crippen LogP contribution in [0.4, 0.5) is 0 Å². The van der Waals surface area contributed by atoms with Crippen LogP contribution in [0.5, 0.6) is 0 Å². The second-order valence-corrected chi connectivity index (χ2v) is 7.66. The fourth-order valence-electron chi connectivity index (χ4n) is 3.25. The number of hydrogen-bond acceptors (Lipinski definition) is 7. The summed E-state index contributed by atoms with van der Waals surface area (Å²) >= 11 is 0. The van der Waals surface area contributed by atoms with Gasteiger partial charge in [-0.25, -0.2) is 0 Å². The van der Waals surface area contributed by atoms with Crippen LogP contribution in [0.2, 0.25) is 0 Å². The Morgan fingerprint density at radius 2 is 1.52 bits per heavy atom. The zero-order valence-corrected chi connectivity index (χ0v) is 16.6. The van der Waals surface area contributed by atoms with E-state index in [0.29, 0.717) is 23.5 Å². The van der Waals surface area contributed by atoms with Crippen molar-refractivity contribution < 1.29 is 29.4 Å². The van der Waals surface area contributed by atoms with E-state index in [1.807, 2.05) is 21.6 Å². The lowest BCUT2D eigenvalue weighted by Gasteiger charge is -2.21. The number of carbonyl (C=O) groups excluding carboxylic acids is 2. The molecule has 3 heterocycles. The molecule has 1 aliphatic carbocycles. The molecule has 29 heavy (non-hydrogen) atoms. The summed E-state index contributed by atoms with van der Waals surface area (Å²) in [5, 5.41) is 17.0. The molecule has 3 saturated heterocycles. The summed E-state index contributed by atoms with van der Waals surface area (Å²) in [4.78, 5) is 51.2. The van der Waals surface area contributed by atoms with Crippen molar-refractivity contribution in [3.8, 4) is 0 Å². The van der Waals surface area contributed by atoms with Gasteiger partial charge in [-0.05, 0) is 6.42 Å². The van der Waals surface area contributed by atoms with Gasteiger partial charge in [0, 0.05) is 45.3 Å². The van der Waals surface area contributed by atoms with Gasteiger partial charge >= 0.3 is 11.9 Å². The molecule has 1 unspecified atom stereocenters. The van der Waals surface area contributed by atoms with Gasteiger partial charge in [-0.2, -0.15) is 0 Å². The van der Waals surface area contributed by atoms with Crippen molar-refractivity contribution in [2.24, 2.45) is 5.92 Å². The number of carboxylic acid groups (broad SMARTS) is 2. The van der Waals surface area contributed by atoms with Crippen LogP contribution in [0.3, 0.4) is 0 Å². The predicted octanol–water partition coefficient (Wildman–Crippen LogP) is 0.533. The number of Topliss-reactive ketones (excluding diaryl/α,β-unsaturated/α-hetero) is 1. The van der Waals surface area contributed by atoms with Gasteiger partial charge < -0.3 is 24.9 Å². The molecule has 4 aliphatic rings. The van der Waals surface area contributed by atoms with Crippen LogP contribution in [0.15, 0.2) is 23.2 Å². The van der Waals surface area contributed by atoms with Gasteiger partial charge in [0.15, 0.2) is 0 Å². The van der Waals surface area contributed by atoms with Crippen molar-refractivity contribution in [2.45, 2.75) is 32.6 Å². The summed E-state index contributed by atoms with van der Waals surface area (Å²) in [6, 6.07) is 0. The summed E-state index contributed by atoms with van der Waals surface area (Å²) < 4.78 is 0. The molecule has 3 fully saturated rings. The van der Waals surface area contributed by atoms with Crippen molar-refractivity contribution in [3.63, 3.8) is 0 Å². The smallest absolute Gasteiger partial charge is 0.307 e. The summed E-state index contributed by atoms with van der Waals surface area (Å²) in [7, 11) is 0. The summed E-state index contributed by atoms with van der Waals surface area (Å²) in [6.45, 7) is 7.35. The van der Waals surface area contributed by atoms with E-state index in [4.69, 9.17) is 10.2 Å². The predicted molar refractivity (Wildman–Crippen MR) is 103 cm³/mol. The van der Waals surface area contributed by atoms with Gasteiger partial charge in [0.25, 0.3) is 0 Å². The molecule has 0 aromatic heterocycles. The van der Waals surface area contributed by atoms with Crippen LogP contribution in [0.1, 0.15) is 32.6 Å². The van der Waals surface area contributed by atoms with E-state index in [9.17, 15) is 19.2 Å². The minimum Gasteiger partial charge on any atom is -0.481 e. The molecular weight excluding hydrogens is 378 g/mol. The van der Waals surface area contributed by atoms with Gasteiger partial charge in [-0.3, -0.25) is 19.2 Å². The number of hydrogen-bond donors (Lipinski definition) is 2. The molecule has 0 bridgehead atoms. The highest BCUT2D eigenvalue weighted by molar-refractivity contribution is 6.22. The highest BCUT2D eigenvalue weighted by Gasteiger charge is 2.43. The van der Waals surface area contributed by atoms with E-state index in [-0.39, 0.29) is 18.0 Å². The molecule has 0 aromatic rings. The van der Waals surface area contributed by atoms with E-state index in [1.165, 1.54) is 6.08 Å². The van der Waals surface area contributed by atoms with Crippen molar-refractivity contribution in [2.75, 3.05) is 39.3 Å². The van der Waals surface area contributed by atoms with Crippen LogP contribution >= 0.6 is 0 Å². The average Bonchev–Trinajstić information content (AvgIpc) is 3.51. The highest BCUT2D eigenvalue weighted by atomic mass is 16.4. The number of carbonyl (C=O) groups is 4. The molecule has 0 radical (unpaired) electrons. The van der Waals surface area contributed by atoms with Crippen LogP contribution in [-0.2, 0) is 19.2 Å². The quantitative estimate of drug-likeness (QED) is 0.418. The van der Waals surface area contributed by atoms with Gasteiger partial charge in [0.2, 0.25) is 11.6 Å². The molecule has 158 valence electrons. The SMILES string of the molecule is CCCCC(CC(=O)O)C(=O)O.O=C1C=C(N2CC2)C(=O)C(N2CC2)=C1N1CC1. The lowest BCUT2D eigenvalue weighted by atomic mass is 9.99. The Balaban J connectivity index is 0.000000179. The molecule has 9 nitrogen and oxygen atoms in total. The minimum absolute atomic E-state index is 0.00546. The number of nitrogens with zero attached hydrogens (tertiary/aromatic N) is 3. The Bertz CT molecular complexity index is 775. The molecule has 3 aliphatic heterocycles. The number of unbranched alkanes of at least 4 members (excludes halogenated alkanes) is 1. The average molecular weight is 405 g/mol. The first-order valence-corrected chi connectivity index (χ1v) is 10.1. The van der Waals surface area contributed by atoms with E-state index in [2.05, 4.69) is 0 Å².